The molecular formula is C34H44ClF4N5O2. The van der Waals surface area contributed by atoms with Gasteiger partial charge in [0.25, 0.3) is 5.92 Å². The van der Waals surface area contributed by atoms with Crippen LogP contribution in [0.2, 0.25) is 5.02 Å². The van der Waals surface area contributed by atoms with Gasteiger partial charge in [-0.25, -0.2) is 22.5 Å². The third-order valence-corrected chi connectivity index (χ3v) is 8.50. The number of hydrogen-bond donors (Lipinski definition) is 1. The number of carbonyl (C=O) groups excluding carboxylic acids is 1. The Balaban J connectivity index is 1.73. The lowest BCUT2D eigenvalue weighted by Gasteiger charge is -2.45. The van der Waals surface area contributed by atoms with Gasteiger partial charge < -0.3 is 10.1 Å². The van der Waals surface area contributed by atoms with Crippen molar-refractivity contribution in [2.75, 3.05) is 11.9 Å². The number of ether oxygens (including phenoxy) is 1. The van der Waals surface area contributed by atoms with Gasteiger partial charge in [0.15, 0.2) is 11.6 Å². The second kappa shape index (κ2) is 12.8. The highest BCUT2D eigenvalue weighted by Crippen LogP contribution is 2.43. The molecule has 1 fully saturated rings. The number of nitrogens with one attached hydrogen (secondary N) is 1. The molecule has 1 aliphatic rings. The smallest absolute Gasteiger partial charge is 0.313 e. The van der Waals surface area contributed by atoms with Crippen LogP contribution in [0.3, 0.4) is 0 Å². The van der Waals surface area contributed by atoms with Crippen LogP contribution in [0, 0.1) is 24.0 Å². The molecule has 0 radical (unpaired) electrons. The Morgan fingerprint density at radius 1 is 1.09 bits per heavy atom. The zero-order valence-electron chi connectivity index (χ0n) is 28.0. The first kappa shape index (κ1) is 35.7. The van der Waals surface area contributed by atoms with Crippen molar-refractivity contribution in [3.63, 3.8) is 0 Å². The molecule has 7 nitrogen and oxygen atoms in total. The molecule has 0 amide bonds. The van der Waals surface area contributed by atoms with E-state index in [-0.39, 0.29) is 53.9 Å². The number of hydrogen-bond acceptors (Lipinski definition) is 6. The number of alkyl halides is 2. The summed E-state index contributed by atoms with van der Waals surface area (Å²) in [4.78, 5) is 20.4. The van der Waals surface area contributed by atoms with E-state index in [1.165, 1.54) is 6.07 Å². The normalized spacial score (nSPS) is 19.7. The average molecular weight is 666 g/mol. The molecule has 0 bridgehead atoms. The molecule has 0 saturated carbocycles. The summed E-state index contributed by atoms with van der Waals surface area (Å²) in [5.41, 5.74) is -2.34. The average Bonchev–Trinajstić information content (AvgIpc) is 3.28. The number of piperidine rings is 1. The highest BCUT2D eigenvalue weighted by molar-refractivity contribution is 6.30. The second-order valence-electron chi connectivity index (χ2n) is 14.5. The minimum Gasteiger partial charge on any atom is -0.460 e. The topological polar surface area (TPSA) is 72.3 Å². The van der Waals surface area contributed by atoms with E-state index in [0.717, 1.165) is 11.8 Å². The van der Waals surface area contributed by atoms with Gasteiger partial charge in [-0.05, 0) is 86.9 Å². The molecule has 1 saturated heterocycles. The molecule has 2 atom stereocenters. The molecule has 2 aromatic heterocycles. The van der Waals surface area contributed by atoms with Gasteiger partial charge in [-0.15, -0.1) is 0 Å². The lowest BCUT2D eigenvalue weighted by Crippen LogP contribution is -2.51. The van der Waals surface area contributed by atoms with Crippen molar-refractivity contribution in [2.24, 2.45) is 5.41 Å². The fraction of sp³-hybridized carbons (Fsp3) is 0.559. The van der Waals surface area contributed by atoms with Gasteiger partial charge in [-0.2, -0.15) is 5.10 Å². The zero-order valence-corrected chi connectivity index (χ0v) is 28.8. The lowest BCUT2D eigenvalue weighted by atomic mass is 9.71. The summed E-state index contributed by atoms with van der Waals surface area (Å²) in [6, 6.07) is 7.26. The van der Waals surface area contributed by atoms with Gasteiger partial charge in [0.1, 0.15) is 17.2 Å². The number of aromatic nitrogens is 3. The van der Waals surface area contributed by atoms with E-state index in [9.17, 15) is 18.0 Å². The number of halogens is 5. The summed E-state index contributed by atoms with van der Waals surface area (Å²) >= 11 is 6.00. The fourth-order valence-corrected chi connectivity index (χ4v) is 6.25. The van der Waals surface area contributed by atoms with Gasteiger partial charge in [0.05, 0.1) is 27.2 Å². The van der Waals surface area contributed by atoms with Crippen molar-refractivity contribution in [2.45, 2.75) is 111 Å². The number of aryl methyl sites for hydroxylation is 1. The molecule has 3 heterocycles. The molecular weight excluding hydrogens is 622 g/mol. The number of likely N-dealkylation sites (tertiary alicyclic amines) is 1. The van der Waals surface area contributed by atoms with Crippen molar-refractivity contribution in [3.8, 4) is 0 Å². The van der Waals surface area contributed by atoms with Gasteiger partial charge in [0, 0.05) is 43.3 Å². The molecule has 1 aliphatic heterocycles. The summed E-state index contributed by atoms with van der Waals surface area (Å²) in [6.07, 6.45) is 0.141. The van der Waals surface area contributed by atoms with Gasteiger partial charge >= 0.3 is 5.97 Å². The molecule has 1 aromatic carbocycles. The van der Waals surface area contributed by atoms with E-state index in [1.807, 2.05) is 39.5 Å². The largest absolute Gasteiger partial charge is 0.460 e. The Morgan fingerprint density at radius 3 is 2.33 bits per heavy atom. The van der Waals surface area contributed by atoms with Crippen LogP contribution < -0.4 is 5.32 Å². The predicted molar refractivity (Wildman–Crippen MR) is 172 cm³/mol. The van der Waals surface area contributed by atoms with Gasteiger partial charge in [-0.3, -0.25) is 14.4 Å². The first-order valence-electron chi connectivity index (χ1n) is 15.4. The van der Waals surface area contributed by atoms with Crippen LogP contribution in [0.1, 0.15) is 90.7 Å². The quantitative estimate of drug-likeness (QED) is 0.192. The molecule has 252 valence electrons. The number of anilines is 2. The number of carbonyl (C=O) groups is 1. The van der Waals surface area contributed by atoms with Crippen LogP contribution in [0.15, 0.2) is 30.3 Å². The summed E-state index contributed by atoms with van der Waals surface area (Å²) in [7, 11) is 0. The summed E-state index contributed by atoms with van der Waals surface area (Å²) in [6.45, 7) is 16.1. The predicted octanol–water partition coefficient (Wildman–Crippen LogP) is 8.68. The zero-order chi connectivity index (χ0) is 34.4. The highest BCUT2D eigenvalue weighted by Gasteiger charge is 2.48. The molecule has 4 rings (SSSR count). The van der Waals surface area contributed by atoms with Crippen LogP contribution in [0.25, 0.3) is 0 Å². The molecule has 3 aromatic rings. The minimum atomic E-state index is -3.53. The molecule has 46 heavy (non-hydrogen) atoms. The van der Waals surface area contributed by atoms with E-state index in [0.29, 0.717) is 24.8 Å². The number of nitrogens with zero attached hydrogens (tertiary/aromatic N) is 4. The Hall–Kier alpha value is -3.18. The van der Waals surface area contributed by atoms with Crippen molar-refractivity contribution in [1.82, 2.24) is 19.7 Å². The first-order chi connectivity index (χ1) is 21.1. The Kier molecular flexibility index (Phi) is 9.92. The number of pyridine rings is 1. The monoisotopic (exact) mass is 665 g/mol. The number of rotatable bonds is 8. The van der Waals surface area contributed by atoms with E-state index >= 15 is 4.39 Å². The van der Waals surface area contributed by atoms with E-state index in [1.54, 1.807) is 43.7 Å². The van der Waals surface area contributed by atoms with Gasteiger partial charge in [-0.1, -0.05) is 23.7 Å². The summed E-state index contributed by atoms with van der Waals surface area (Å²) < 4.78 is 68.0. The van der Waals surface area contributed by atoms with E-state index in [2.05, 4.69) is 15.4 Å². The number of esters is 1. The molecule has 12 heteroatoms. The second-order valence-corrected chi connectivity index (χ2v) is 14.9. The van der Waals surface area contributed by atoms with Crippen LogP contribution in [0.4, 0.5) is 29.2 Å². The van der Waals surface area contributed by atoms with Crippen molar-refractivity contribution in [3.05, 3.63) is 69.5 Å². The third kappa shape index (κ3) is 8.02. The van der Waals surface area contributed by atoms with E-state index in [4.69, 9.17) is 16.3 Å². The summed E-state index contributed by atoms with van der Waals surface area (Å²) in [5.74, 6) is -5.44. The highest BCUT2D eigenvalue weighted by atomic mass is 35.5. The first-order valence-corrected chi connectivity index (χ1v) is 15.8. The van der Waals surface area contributed by atoms with Crippen molar-refractivity contribution < 1.29 is 27.1 Å². The minimum absolute atomic E-state index is 0.0177. The molecule has 1 N–H and O–H groups in total. The van der Waals surface area contributed by atoms with Crippen LogP contribution in [-0.2, 0) is 34.0 Å². The Labute approximate surface area is 273 Å². The lowest BCUT2D eigenvalue weighted by molar-refractivity contribution is -0.172. The van der Waals surface area contributed by atoms with Crippen molar-refractivity contribution in [1.29, 1.82) is 0 Å². The number of benzene rings is 1. The van der Waals surface area contributed by atoms with Gasteiger partial charge in [0.2, 0.25) is 0 Å². The van der Waals surface area contributed by atoms with Crippen LogP contribution >= 0.6 is 11.6 Å². The summed E-state index contributed by atoms with van der Waals surface area (Å²) in [5, 5.41) is 7.54. The molecule has 0 unspecified atom stereocenters. The Bertz CT molecular complexity index is 1590. The standard InChI is InChI=1S/C34H44ClF4N5O2/c1-20-15-27(42-44(20)31(3,4)5)41-26-16-23(33(9,38)39)29(37)25(40-26)18-34(30(45)46-32(6,7)8)13-14-43(21(2)17-34)19-22-11-10-12-24(35)28(22)36/h10-12,15-16,21H,13-14,17-19H2,1-9H3,(H,40,41,42)/t21-,34-/m1/s1. The van der Waals surface area contributed by atoms with Crippen LogP contribution in [0.5, 0.6) is 0 Å². The van der Waals surface area contributed by atoms with Crippen molar-refractivity contribution >= 4 is 29.2 Å². The Morgan fingerprint density at radius 2 is 1.76 bits per heavy atom. The SMILES string of the molecule is Cc1cc(Nc2cc(C(C)(F)F)c(F)c(C[C@@]3(C(=O)OC(C)(C)C)CCN(Cc4cccc(Cl)c4F)[C@H](C)C3)n2)nn1C(C)(C)C. The fourth-order valence-electron chi connectivity index (χ4n) is 6.05. The maximum Gasteiger partial charge on any atom is 0.313 e. The maximum atomic E-state index is 16.0. The molecule has 0 aliphatic carbocycles. The third-order valence-electron chi connectivity index (χ3n) is 8.21. The van der Waals surface area contributed by atoms with E-state index < -0.39 is 40.1 Å². The van der Waals surface area contributed by atoms with Crippen LogP contribution in [-0.4, -0.2) is 43.8 Å². The maximum absolute atomic E-state index is 16.0. The molecule has 0 spiro atoms.